The number of aromatic nitrogens is 3. The van der Waals surface area contributed by atoms with Gasteiger partial charge in [-0.15, -0.1) is 0 Å². The molecule has 0 aliphatic rings. The molecule has 7 heteroatoms. The Morgan fingerprint density at radius 1 is 1.24 bits per heavy atom. The molecule has 2 heterocycles. The van der Waals surface area contributed by atoms with Gasteiger partial charge in [0.1, 0.15) is 5.75 Å². The van der Waals surface area contributed by atoms with E-state index in [-0.39, 0.29) is 4.90 Å². The van der Waals surface area contributed by atoms with Crippen molar-refractivity contribution < 1.29 is 13.2 Å². The molecular weight excluding hydrogens is 386 g/mol. The summed E-state index contributed by atoms with van der Waals surface area (Å²) in [5.41, 5.74) is 1.64. The van der Waals surface area contributed by atoms with Crippen molar-refractivity contribution in [2.75, 3.05) is 0 Å². The van der Waals surface area contributed by atoms with Gasteiger partial charge in [-0.05, 0) is 49.2 Å². The Balaban J connectivity index is 1.77. The van der Waals surface area contributed by atoms with Crippen LogP contribution >= 0.6 is 0 Å². The van der Waals surface area contributed by atoms with Crippen LogP contribution < -0.4 is 4.74 Å². The molecule has 0 aliphatic carbocycles. The molecule has 0 aliphatic heterocycles. The molecule has 150 valence electrons. The van der Waals surface area contributed by atoms with E-state index in [9.17, 15) is 8.42 Å². The van der Waals surface area contributed by atoms with Crippen molar-refractivity contribution in [2.45, 2.75) is 30.4 Å². The molecule has 0 saturated carbocycles. The number of sulfone groups is 1. The number of hydrogen-bond donors (Lipinski definition) is 0. The molecule has 0 amide bonds. The lowest BCUT2D eigenvalue weighted by molar-refractivity contribution is 0.462. The highest BCUT2D eigenvalue weighted by atomic mass is 32.2. The van der Waals surface area contributed by atoms with Crippen LogP contribution in [0.15, 0.2) is 90.5 Å². The summed E-state index contributed by atoms with van der Waals surface area (Å²) in [7, 11) is -3.56. The minimum absolute atomic E-state index is 0.161. The van der Waals surface area contributed by atoms with Gasteiger partial charge in [0, 0.05) is 30.3 Å². The Hall–Kier alpha value is -3.19. The van der Waals surface area contributed by atoms with Crippen molar-refractivity contribution in [2.24, 2.45) is 0 Å². The second kappa shape index (κ2) is 8.87. The Bertz CT molecular complexity index is 1090. The van der Waals surface area contributed by atoms with Crippen LogP contribution in [0.3, 0.4) is 0 Å². The highest BCUT2D eigenvalue weighted by Gasteiger charge is 2.28. The van der Waals surface area contributed by atoms with E-state index in [4.69, 9.17) is 4.74 Å². The van der Waals surface area contributed by atoms with Crippen LogP contribution in [0.5, 0.6) is 11.6 Å². The molecule has 0 radical (unpaired) electrons. The maximum atomic E-state index is 13.0. The Morgan fingerprint density at radius 2 is 2.00 bits per heavy atom. The first-order valence-electron chi connectivity index (χ1n) is 9.24. The maximum absolute atomic E-state index is 13.0. The topological polar surface area (TPSA) is 74.1 Å². The van der Waals surface area contributed by atoms with Gasteiger partial charge in [0.2, 0.25) is 5.88 Å². The lowest BCUT2D eigenvalue weighted by Gasteiger charge is -2.17. The Kier molecular flexibility index (Phi) is 6.29. The molecule has 29 heavy (non-hydrogen) atoms. The SMILES string of the molecule is C=C/C(=C\C)C(CC)S(=O)(=O)c1ccc(Oc2ccc(-n3ccnc3)cc2)nc1. The van der Waals surface area contributed by atoms with Crippen molar-refractivity contribution in [3.8, 4) is 17.3 Å². The standard InChI is InChI=1S/C22H23N3O3S/c1-4-17(5-2)21(6-3)29(26,27)20-11-12-22(24-15-20)28-19-9-7-18(8-10-19)25-14-13-23-16-25/h4-5,7-16,21H,1,6H2,2-3H3/b17-5+. The molecule has 0 bridgehead atoms. The van der Waals surface area contributed by atoms with Gasteiger partial charge in [0.05, 0.1) is 16.5 Å². The van der Waals surface area contributed by atoms with E-state index in [0.717, 1.165) is 5.69 Å². The minimum atomic E-state index is -3.56. The highest BCUT2D eigenvalue weighted by molar-refractivity contribution is 7.92. The second-order valence-electron chi connectivity index (χ2n) is 6.33. The van der Waals surface area contributed by atoms with Crippen LogP contribution in [-0.4, -0.2) is 28.2 Å². The lowest BCUT2D eigenvalue weighted by atomic mass is 10.1. The third-order valence-electron chi connectivity index (χ3n) is 4.59. The molecule has 6 nitrogen and oxygen atoms in total. The first-order chi connectivity index (χ1) is 14.0. The molecule has 3 rings (SSSR count). The summed E-state index contributed by atoms with van der Waals surface area (Å²) < 4.78 is 33.6. The fraction of sp³-hybridized carbons (Fsp3) is 0.182. The molecule has 2 aromatic heterocycles. The number of pyridine rings is 1. The predicted molar refractivity (Wildman–Crippen MR) is 113 cm³/mol. The monoisotopic (exact) mass is 409 g/mol. The molecular formula is C22H23N3O3S. The average Bonchev–Trinajstić information content (AvgIpc) is 3.27. The fourth-order valence-electron chi connectivity index (χ4n) is 3.05. The van der Waals surface area contributed by atoms with E-state index >= 15 is 0 Å². The molecule has 0 saturated heterocycles. The van der Waals surface area contributed by atoms with Gasteiger partial charge in [-0.3, -0.25) is 0 Å². The summed E-state index contributed by atoms with van der Waals surface area (Å²) in [4.78, 5) is 8.36. The van der Waals surface area contributed by atoms with Crippen LogP contribution in [0, 0.1) is 0 Å². The van der Waals surface area contributed by atoms with Crippen LogP contribution in [-0.2, 0) is 9.84 Å². The number of rotatable bonds is 8. The van der Waals surface area contributed by atoms with E-state index in [1.165, 1.54) is 12.3 Å². The van der Waals surface area contributed by atoms with Crippen molar-refractivity contribution >= 4 is 9.84 Å². The normalized spacial score (nSPS) is 13.1. The minimum Gasteiger partial charge on any atom is -0.439 e. The number of benzene rings is 1. The van der Waals surface area contributed by atoms with Gasteiger partial charge >= 0.3 is 0 Å². The van der Waals surface area contributed by atoms with Gasteiger partial charge in [0.15, 0.2) is 9.84 Å². The second-order valence-corrected chi connectivity index (χ2v) is 8.46. The number of nitrogens with zero attached hydrogens (tertiary/aromatic N) is 3. The summed E-state index contributed by atoms with van der Waals surface area (Å²) in [6.07, 6.45) is 10.4. The molecule has 0 fully saturated rings. The molecule has 0 spiro atoms. The van der Waals surface area contributed by atoms with Gasteiger partial charge in [0.25, 0.3) is 0 Å². The number of imidazole rings is 1. The Labute approximate surface area is 171 Å². The van der Waals surface area contributed by atoms with Gasteiger partial charge in [-0.2, -0.15) is 0 Å². The zero-order valence-corrected chi connectivity index (χ0v) is 17.2. The lowest BCUT2D eigenvalue weighted by Crippen LogP contribution is -2.22. The van der Waals surface area contributed by atoms with Crippen molar-refractivity contribution in [1.29, 1.82) is 0 Å². The van der Waals surface area contributed by atoms with Gasteiger partial charge in [-0.25, -0.2) is 18.4 Å². The smallest absolute Gasteiger partial charge is 0.219 e. The maximum Gasteiger partial charge on any atom is 0.219 e. The zero-order valence-electron chi connectivity index (χ0n) is 16.4. The van der Waals surface area contributed by atoms with E-state index < -0.39 is 15.1 Å². The third kappa shape index (κ3) is 4.46. The summed E-state index contributed by atoms with van der Waals surface area (Å²) in [5.74, 6) is 0.925. The van der Waals surface area contributed by atoms with Crippen molar-refractivity contribution in [3.63, 3.8) is 0 Å². The Morgan fingerprint density at radius 3 is 2.52 bits per heavy atom. The van der Waals surface area contributed by atoms with E-state index in [2.05, 4.69) is 16.5 Å². The van der Waals surface area contributed by atoms with Crippen molar-refractivity contribution in [3.05, 3.63) is 85.6 Å². The fourth-order valence-corrected chi connectivity index (χ4v) is 4.86. The van der Waals surface area contributed by atoms with Crippen LogP contribution in [0.1, 0.15) is 20.3 Å². The van der Waals surface area contributed by atoms with Crippen LogP contribution in [0.4, 0.5) is 0 Å². The molecule has 1 aromatic carbocycles. The molecule has 0 N–H and O–H groups in total. The van der Waals surface area contributed by atoms with Crippen LogP contribution in [0.25, 0.3) is 5.69 Å². The average molecular weight is 410 g/mol. The van der Waals surface area contributed by atoms with Crippen molar-refractivity contribution in [1.82, 2.24) is 14.5 Å². The zero-order chi connectivity index (χ0) is 20.9. The van der Waals surface area contributed by atoms with E-state index in [1.807, 2.05) is 48.9 Å². The summed E-state index contributed by atoms with van der Waals surface area (Å²) in [6.45, 7) is 7.37. The summed E-state index contributed by atoms with van der Waals surface area (Å²) >= 11 is 0. The highest BCUT2D eigenvalue weighted by Crippen LogP contribution is 2.26. The predicted octanol–water partition coefficient (Wildman–Crippen LogP) is 4.74. The first kappa shape index (κ1) is 20.5. The van der Waals surface area contributed by atoms with Crippen LogP contribution in [0.2, 0.25) is 0 Å². The third-order valence-corrected chi connectivity index (χ3v) is 6.84. The number of ether oxygens (including phenoxy) is 1. The number of hydrogen-bond acceptors (Lipinski definition) is 5. The quantitative estimate of drug-likeness (QED) is 0.502. The van der Waals surface area contributed by atoms with E-state index in [0.29, 0.717) is 23.6 Å². The molecule has 1 atom stereocenters. The summed E-state index contributed by atoms with van der Waals surface area (Å²) in [5, 5.41) is -0.644. The van der Waals surface area contributed by atoms with Gasteiger partial charge in [-0.1, -0.05) is 25.7 Å². The first-order valence-corrected chi connectivity index (χ1v) is 10.8. The number of allylic oxidation sites excluding steroid dienone is 2. The largest absolute Gasteiger partial charge is 0.439 e. The summed E-state index contributed by atoms with van der Waals surface area (Å²) in [6, 6.07) is 10.5. The van der Waals surface area contributed by atoms with Gasteiger partial charge < -0.3 is 9.30 Å². The molecule has 3 aromatic rings. The van der Waals surface area contributed by atoms with E-state index in [1.54, 1.807) is 30.7 Å². The molecule has 1 unspecified atom stereocenters.